The Labute approximate surface area is 101 Å². The van der Waals surface area contributed by atoms with Crippen molar-refractivity contribution in [1.29, 1.82) is 0 Å². The highest BCUT2D eigenvalue weighted by Gasteiger charge is 2.26. The molecule has 1 amide bonds. The lowest BCUT2D eigenvalue weighted by molar-refractivity contribution is -0.148. The number of carbonyl (C=O) groups excluding carboxylic acids is 1. The Morgan fingerprint density at radius 1 is 1.41 bits per heavy atom. The average Bonchev–Trinajstić information content (AvgIpc) is 2.21. The third kappa shape index (κ3) is 5.64. The van der Waals surface area contributed by atoms with E-state index in [0.717, 1.165) is 11.2 Å². The summed E-state index contributed by atoms with van der Waals surface area (Å²) in [5, 5.41) is 8.71. The zero-order chi connectivity index (χ0) is 13.8. The Morgan fingerprint density at radius 3 is 2.24 bits per heavy atom. The second-order valence-electron chi connectivity index (χ2n) is 3.99. The highest BCUT2D eigenvalue weighted by Crippen LogP contribution is 2.02. The normalized spacial score (nSPS) is 15.1. The molecule has 0 fully saturated rings. The average molecular weight is 266 g/mol. The van der Waals surface area contributed by atoms with E-state index in [1.165, 1.54) is 14.0 Å². The summed E-state index contributed by atoms with van der Waals surface area (Å²) in [5.74, 6) is -1.92. The number of carbonyl (C=O) groups is 2. The molecule has 2 unspecified atom stereocenters. The van der Waals surface area contributed by atoms with Gasteiger partial charge < -0.3 is 15.7 Å². The van der Waals surface area contributed by atoms with Crippen LogP contribution in [0.25, 0.3) is 0 Å². The van der Waals surface area contributed by atoms with Crippen LogP contribution in [0.1, 0.15) is 13.3 Å². The van der Waals surface area contributed by atoms with Crippen LogP contribution in [0.15, 0.2) is 0 Å². The number of hydrogen-bond acceptors (Lipinski definition) is 5. The highest BCUT2D eigenvalue weighted by molar-refractivity contribution is 7.90. The first-order chi connectivity index (χ1) is 7.56. The monoisotopic (exact) mass is 266 g/mol. The van der Waals surface area contributed by atoms with Gasteiger partial charge in [0.05, 0.1) is 11.8 Å². The van der Waals surface area contributed by atoms with E-state index in [1.54, 1.807) is 0 Å². The van der Waals surface area contributed by atoms with Crippen molar-refractivity contribution in [2.75, 3.05) is 19.1 Å². The van der Waals surface area contributed by atoms with Gasteiger partial charge in [-0.1, -0.05) is 0 Å². The highest BCUT2D eigenvalue weighted by atomic mass is 32.2. The number of likely N-dealkylation sites (N-methyl/N-ethyl adjacent to an activating group) is 1. The molecular formula is C9H18N2O5S. The van der Waals surface area contributed by atoms with Crippen LogP contribution in [0.5, 0.6) is 0 Å². The smallest absolute Gasteiger partial charge is 0.326 e. The van der Waals surface area contributed by atoms with Crippen LogP contribution in [0.3, 0.4) is 0 Å². The zero-order valence-electron chi connectivity index (χ0n) is 10.1. The Kier molecular flexibility index (Phi) is 5.56. The number of carboxylic acids is 1. The molecule has 8 heteroatoms. The molecule has 0 radical (unpaired) electrons. The number of hydrogen-bond donors (Lipinski definition) is 2. The third-order valence-electron chi connectivity index (χ3n) is 2.40. The molecule has 100 valence electrons. The quantitative estimate of drug-likeness (QED) is 0.615. The standard InChI is InChI=1S/C9H18N2O5S/c1-6(9(13)14)11(2)8(12)7(10)4-5-17(3,15)16/h6-7H,4-5,10H2,1-3H3,(H,13,14). The number of amides is 1. The van der Waals surface area contributed by atoms with Crippen molar-refractivity contribution in [2.45, 2.75) is 25.4 Å². The number of carboxylic acid groups (broad SMARTS) is 1. The predicted molar refractivity (Wildman–Crippen MR) is 62.2 cm³/mol. The van der Waals surface area contributed by atoms with Gasteiger partial charge in [0.15, 0.2) is 0 Å². The summed E-state index contributed by atoms with van der Waals surface area (Å²) < 4.78 is 21.8. The minimum Gasteiger partial charge on any atom is -0.480 e. The Bertz CT molecular complexity index is 392. The molecule has 7 nitrogen and oxygen atoms in total. The SMILES string of the molecule is CC(C(=O)O)N(C)C(=O)C(N)CCS(C)(=O)=O. The molecule has 3 N–H and O–H groups in total. The molecular weight excluding hydrogens is 248 g/mol. The predicted octanol–water partition coefficient (Wildman–Crippen LogP) is -1.32. The van der Waals surface area contributed by atoms with Gasteiger partial charge in [-0.25, -0.2) is 13.2 Å². The van der Waals surface area contributed by atoms with Crippen molar-refractivity contribution < 1.29 is 23.1 Å². The molecule has 2 atom stereocenters. The molecule has 0 aromatic carbocycles. The van der Waals surface area contributed by atoms with Gasteiger partial charge in [-0.05, 0) is 13.3 Å². The topological polar surface area (TPSA) is 118 Å². The van der Waals surface area contributed by atoms with Gasteiger partial charge in [-0.2, -0.15) is 0 Å². The van der Waals surface area contributed by atoms with Crippen LogP contribution >= 0.6 is 0 Å². The van der Waals surface area contributed by atoms with Crippen molar-refractivity contribution in [1.82, 2.24) is 4.90 Å². The van der Waals surface area contributed by atoms with E-state index in [9.17, 15) is 18.0 Å². The number of sulfone groups is 1. The van der Waals surface area contributed by atoms with Crippen molar-refractivity contribution >= 4 is 21.7 Å². The van der Waals surface area contributed by atoms with E-state index in [1.807, 2.05) is 0 Å². The molecule has 0 heterocycles. The maximum absolute atomic E-state index is 11.6. The number of nitrogens with zero attached hydrogens (tertiary/aromatic N) is 1. The second-order valence-corrected chi connectivity index (χ2v) is 6.25. The van der Waals surface area contributed by atoms with Crippen molar-refractivity contribution in [2.24, 2.45) is 5.73 Å². The molecule has 0 bridgehead atoms. The van der Waals surface area contributed by atoms with Gasteiger partial charge >= 0.3 is 5.97 Å². The number of rotatable bonds is 6. The van der Waals surface area contributed by atoms with Crippen LogP contribution in [0.2, 0.25) is 0 Å². The van der Waals surface area contributed by atoms with Crippen LogP contribution in [-0.4, -0.2) is 61.4 Å². The lowest BCUT2D eigenvalue weighted by Gasteiger charge is -2.24. The van der Waals surface area contributed by atoms with Crippen LogP contribution in [0, 0.1) is 0 Å². The molecule has 0 aliphatic carbocycles. The fourth-order valence-electron chi connectivity index (χ4n) is 1.08. The Morgan fingerprint density at radius 2 is 1.88 bits per heavy atom. The van der Waals surface area contributed by atoms with E-state index in [-0.39, 0.29) is 12.2 Å². The third-order valence-corrected chi connectivity index (χ3v) is 3.38. The summed E-state index contributed by atoms with van der Waals surface area (Å²) in [6, 6.07) is -2.00. The first-order valence-electron chi connectivity index (χ1n) is 4.99. The lowest BCUT2D eigenvalue weighted by atomic mass is 10.2. The molecule has 0 spiro atoms. The van der Waals surface area contributed by atoms with E-state index < -0.39 is 33.8 Å². The van der Waals surface area contributed by atoms with Gasteiger partial charge in [0.1, 0.15) is 15.9 Å². The van der Waals surface area contributed by atoms with Gasteiger partial charge in [-0.15, -0.1) is 0 Å². The van der Waals surface area contributed by atoms with Crippen molar-refractivity contribution in [3.8, 4) is 0 Å². The first kappa shape index (κ1) is 15.9. The van der Waals surface area contributed by atoms with Gasteiger partial charge in [0.25, 0.3) is 0 Å². The molecule has 0 rings (SSSR count). The van der Waals surface area contributed by atoms with E-state index in [0.29, 0.717) is 0 Å². The summed E-state index contributed by atoms with van der Waals surface area (Å²) in [7, 11) is -1.86. The zero-order valence-corrected chi connectivity index (χ0v) is 10.9. The van der Waals surface area contributed by atoms with Crippen molar-refractivity contribution in [3.63, 3.8) is 0 Å². The molecule has 0 aromatic heterocycles. The number of aliphatic carboxylic acids is 1. The van der Waals surface area contributed by atoms with E-state index >= 15 is 0 Å². The first-order valence-corrected chi connectivity index (χ1v) is 7.05. The lowest BCUT2D eigenvalue weighted by Crippen LogP contribution is -2.48. The van der Waals surface area contributed by atoms with Crippen LogP contribution in [-0.2, 0) is 19.4 Å². The maximum Gasteiger partial charge on any atom is 0.326 e. The Balaban J connectivity index is 4.45. The fraction of sp³-hybridized carbons (Fsp3) is 0.778. The second kappa shape index (κ2) is 5.97. The van der Waals surface area contributed by atoms with Crippen LogP contribution in [0.4, 0.5) is 0 Å². The molecule has 17 heavy (non-hydrogen) atoms. The Hall–Kier alpha value is -1.15. The largest absolute Gasteiger partial charge is 0.480 e. The van der Waals surface area contributed by atoms with Gasteiger partial charge in [0.2, 0.25) is 5.91 Å². The maximum atomic E-state index is 11.6. The summed E-state index contributed by atoms with van der Waals surface area (Å²) in [4.78, 5) is 23.3. The van der Waals surface area contributed by atoms with E-state index in [4.69, 9.17) is 10.8 Å². The minimum atomic E-state index is -3.18. The molecule has 0 aromatic rings. The summed E-state index contributed by atoms with van der Waals surface area (Å²) >= 11 is 0. The fourth-order valence-corrected chi connectivity index (χ4v) is 1.76. The molecule has 0 aliphatic heterocycles. The molecule has 0 aliphatic rings. The van der Waals surface area contributed by atoms with Gasteiger partial charge in [0, 0.05) is 13.3 Å². The van der Waals surface area contributed by atoms with Gasteiger partial charge in [-0.3, -0.25) is 4.79 Å². The molecule has 0 saturated heterocycles. The number of nitrogens with two attached hydrogens (primary N) is 1. The summed E-state index contributed by atoms with van der Waals surface area (Å²) in [6.45, 7) is 1.35. The minimum absolute atomic E-state index is 0.0195. The summed E-state index contributed by atoms with van der Waals surface area (Å²) in [5.41, 5.74) is 5.51. The van der Waals surface area contributed by atoms with Crippen LogP contribution < -0.4 is 5.73 Å². The van der Waals surface area contributed by atoms with Crippen molar-refractivity contribution in [3.05, 3.63) is 0 Å². The molecule has 0 saturated carbocycles. The summed E-state index contributed by atoms with van der Waals surface area (Å²) in [6.07, 6.45) is 1.03. The van der Waals surface area contributed by atoms with E-state index in [2.05, 4.69) is 0 Å².